The normalized spacial score (nSPS) is 22.9. The molecule has 2 unspecified atom stereocenters. The summed E-state index contributed by atoms with van der Waals surface area (Å²) in [5.41, 5.74) is 6.92. The van der Waals surface area contributed by atoms with E-state index < -0.39 is 10.0 Å². The molecule has 0 bridgehead atoms. The fourth-order valence-electron chi connectivity index (χ4n) is 2.52. The Bertz CT molecular complexity index is 676. The van der Waals surface area contributed by atoms with E-state index in [-0.39, 0.29) is 11.4 Å². The lowest BCUT2D eigenvalue weighted by Gasteiger charge is -2.17. The van der Waals surface area contributed by atoms with Gasteiger partial charge in [0.15, 0.2) is 0 Å². The highest BCUT2D eigenvalue weighted by Gasteiger charge is 2.35. The van der Waals surface area contributed by atoms with E-state index in [4.69, 9.17) is 5.73 Å². The van der Waals surface area contributed by atoms with E-state index in [0.717, 1.165) is 5.56 Å². The maximum atomic E-state index is 12.8. The van der Waals surface area contributed by atoms with Crippen molar-refractivity contribution in [3.05, 3.63) is 29.3 Å². The number of hydrogen-bond acceptors (Lipinski definition) is 3. The molecule has 4 nitrogen and oxygen atoms in total. The second-order valence-electron chi connectivity index (χ2n) is 5.78. The van der Waals surface area contributed by atoms with Gasteiger partial charge in [0.05, 0.1) is 11.4 Å². The fourth-order valence-corrected chi connectivity index (χ4v) is 4.29. The largest absolute Gasteiger partial charge is 0.320 e. The first-order valence-corrected chi connectivity index (χ1v) is 8.60. The molecule has 1 heterocycles. The minimum Gasteiger partial charge on any atom is -0.320 e. The topological polar surface area (TPSA) is 63.4 Å². The van der Waals surface area contributed by atoms with Gasteiger partial charge in [0, 0.05) is 18.7 Å². The van der Waals surface area contributed by atoms with Gasteiger partial charge in [-0.05, 0) is 36.5 Å². The Morgan fingerprint density at radius 2 is 1.90 bits per heavy atom. The van der Waals surface area contributed by atoms with Crippen molar-refractivity contribution in [1.29, 1.82) is 0 Å². The minimum atomic E-state index is -3.49. The molecule has 1 aliphatic rings. The van der Waals surface area contributed by atoms with Crippen LogP contribution in [0.2, 0.25) is 0 Å². The van der Waals surface area contributed by atoms with Crippen LogP contribution in [0.5, 0.6) is 0 Å². The SMILES string of the molecule is Cc1ccc(S(=O)(=O)N2CC(C)C(C)C2)c(C#CCN)c1. The lowest BCUT2D eigenvalue weighted by Crippen LogP contribution is -2.29. The van der Waals surface area contributed by atoms with Gasteiger partial charge in [0.1, 0.15) is 0 Å². The molecule has 1 aromatic carbocycles. The first-order chi connectivity index (χ1) is 9.86. The van der Waals surface area contributed by atoms with Crippen LogP contribution in [0.3, 0.4) is 0 Å². The molecule has 1 aromatic rings. The third-order valence-electron chi connectivity index (χ3n) is 4.03. The smallest absolute Gasteiger partial charge is 0.244 e. The molecular weight excluding hydrogens is 284 g/mol. The number of aryl methyl sites for hydroxylation is 1. The fraction of sp³-hybridized carbons (Fsp3) is 0.500. The monoisotopic (exact) mass is 306 g/mol. The molecular formula is C16H22N2O2S. The molecule has 1 fully saturated rings. The third kappa shape index (κ3) is 3.29. The first kappa shape index (κ1) is 16.0. The van der Waals surface area contributed by atoms with Gasteiger partial charge in [-0.3, -0.25) is 0 Å². The highest BCUT2D eigenvalue weighted by atomic mass is 32.2. The molecule has 0 aromatic heterocycles. The van der Waals surface area contributed by atoms with E-state index in [0.29, 0.717) is 30.5 Å². The second-order valence-corrected chi connectivity index (χ2v) is 7.69. The van der Waals surface area contributed by atoms with Crippen LogP contribution in [0.4, 0.5) is 0 Å². The number of hydrogen-bond donors (Lipinski definition) is 1. The quantitative estimate of drug-likeness (QED) is 0.844. The minimum absolute atomic E-state index is 0.214. The Morgan fingerprint density at radius 3 is 2.48 bits per heavy atom. The summed E-state index contributed by atoms with van der Waals surface area (Å²) in [5.74, 6) is 6.39. The summed E-state index contributed by atoms with van der Waals surface area (Å²) in [4.78, 5) is 0.287. The first-order valence-electron chi connectivity index (χ1n) is 7.16. The van der Waals surface area contributed by atoms with Crippen LogP contribution in [0, 0.1) is 30.6 Å². The van der Waals surface area contributed by atoms with Gasteiger partial charge in [0.2, 0.25) is 10.0 Å². The van der Waals surface area contributed by atoms with Crippen LogP contribution < -0.4 is 5.73 Å². The summed E-state index contributed by atoms with van der Waals surface area (Å²) in [6, 6.07) is 5.26. The van der Waals surface area contributed by atoms with Crippen molar-refractivity contribution in [2.45, 2.75) is 25.7 Å². The number of sulfonamides is 1. The van der Waals surface area contributed by atoms with Crippen molar-refractivity contribution in [2.75, 3.05) is 19.6 Å². The molecule has 114 valence electrons. The van der Waals surface area contributed by atoms with Gasteiger partial charge in [-0.15, -0.1) is 0 Å². The van der Waals surface area contributed by atoms with Crippen LogP contribution in [-0.4, -0.2) is 32.4 Å². The number of nitrogens with two attached hydrogens (primary N) is 1. The molecule has 0 amide bonds. The van der Waals surface area contributed by atoms with Crippen molar-refractivity contribution in [3.63, 3.8) is 0 Å². The molecule has 2 atom stereocenters. The summed E-state index contributed by atoms with van der Waals surface area (Å²) in [6.45, 7) is 7.45. The zero-order valence-electron chi connectivity index (χ0n) is 12.8. The van der Waals surface area contributed by atoms with Gasteiger partial charge >= 0.3 is 0 Å². The van der Waals surface area contributed by atoms with Crippen LogP contribution in [-0.2, 0) is 10.0 Å². The summed E-state index contributed by atoms with van der Waals surface area (Å²) in [5, 5.41) is 0. The number of benzene rings is 1. The van der Waals surface area contributed by atoms with Crippen molar-refractivity contribution < 1.29 is 8.42 Å². The maximum absolute atomic E-state index is 12.8. The van der Waals surface area contributed by atoms with E-state index in [1.807, 2.05) is 13.0 Å². The van der Waals surface area contributed by atoms with Crippen molar-refractivity contribution in [3.8, 4) is 11.8 Å². The highest BCUT2D eigenvalue weighted by Crippen LogP contribution is 2.29. The molecule has 0 spiro atoms. The second kappa shape index (κ2) is 6.18. The van der Waals surface area contributed by atoms with E-state index >= 15 is 0 Å². The summed E-state index contributed by atoms with van der Waals surface area (Å²) in [6.07, 6.45) is 0. The standard InChI is InChI=1S/C16H22N2O2S/c1-12-6-7-16(15(9-12)5-4-8-17)21(19,20)18-10-13(2)14(3)11-18/h6-7,9,13-14H,8,10-11,17H2,1-3H3. The van der Waals surface area contributed by atoms with Gasteiger partial charge in [-0.25, -0.2) is 8.42 Å². The predicted molar refractivity (Wildman–Crippen MR) is 84.2 cm³/mol. The lowest BCUT2D eigenvalue weighted by molar-refractivity contribution is 0.463. The summed E-state index contributed by atoms with van der Waals surface area (Å²) >= 11 is 0. The molecule has 21 heavy (non-hydrogen) atoms. The molecule has 0 saturated carbocycles. The van der Waals surface area contributed by atoms with Crippen LogP contribution >= 0.6 is 0 Å². The van der Waals surface area contributed by atoms with E-state index in [1.54, 1.807) is 16.4 Å². The molecule has 2 N–H and O–H groups in total. The average molecular weight is 306 g/mol. The maximum Gasteiger partial charge on any atom is 0.244 e. The van der Waals surface area contributed by atoms with Crippen molar-refractivity contribution in [2.24, 2.45) is 17.6 Å². The van der Waals surface area contributed by atoms with E-state index in [2.05, 4.69) is 25.7 Å². The van der Waals surface area contributed by atoms with Crippen molar-refractivity contribution >= 4 is 10.0 Å². The van der Waals surface area contributed by atoms with Crippen molar-refractivity contribution in [1.82, 2.24) is 4.31 Å². The van der Waals surface area contributed by atoms with Crippen LogP contribution in [0.25, 0.3) is 0 Å². The Hall–Kier alpha value is -1.35. The van der Waals surface area contributed by atoms with Crippen LogP contribution in [0.1, 0.15) is 25.0 Å². The third-order valence-corrected chi connectivity index (χ3v) is 5.92. The molecule has 1 saturated heterocycles. The molecule has 0 radical (unpaired) electrons. The predicted octanol–water partition coefficient (Wildman–Crippen LogP) is 1.58. The Balaban J connectivity index is 2.45. The van der Waals surface area contributed by atoms with Gasteiger partial charge in [-0.2, -0.15) is 4.31 Å². The van der Waals surface area contributed by atoms with Gasteiger partial charge in [0.25, 0.3) is 0 Å². The summed E-state index contributed by atoms with van der Waals surface area (Å²) < 4.78 is 27.3. The van der Waals surface area contributed by atoms with E-state index in [1.165, 1.54) is 0 Å². The Morgan fingerprint density at radius 1 is 1.29 bits per heavy atom. The van der Waals surface area contributed by atoms with E-state index in [9.17, 15) is 8.42 Å². The van der Waals surface area contributed by atoms with Gasteiger partial charge in [-0.1, -0.05) is 31.8 Å². The molecule has 5 heteroatoms. The van der Waals surface area contributed by atoms with Gasteiger partial charge < -0.3 is 5.73 Å². The average Bonchev–Trinajstić information content (AvgIpc) is 2.77. The zero-order chi connectivity index (χ0) is 15.6. The molecule has 1 aliphatic heterocycles. The molecule has 2 rings (SSSR count). The summed E-state index contributed by atoms with van der Waals surface area (Å²) in [7, 11) is -3.49. The number of rotatable bonds is 2. The lowest BCUT2D eigenvalue weighted by atomic mass is 10.0. The Labute approximate surface area is 127 Å². The highest BCUT2D eigenvalue weighted by molar-refractivity contribution is 7.89. The zero-order valence-corrected chi connectivity index (χ0v) is 13.6. The number of nitrogens with zero attached hydrogens (tertiary/aromatic N) is 1. The van der Waals surface area contributed by atoms with Crippen LogP contribution in [0.15, 0.2) is 23.1 Å². The Kier molecular flexibility index (Phi) is 4.72. The molecule has 0 aliphatic carbocycles.